The average molecular weight is 185 g/mol. The number of hydrogen-bond acceptors (Lipinski definition) is 2. The van der Waals surface area contributed by atoms with Crippen molar-refractivity contribution in [2.45, 2.75) is 58.2 Å². The summed E-state index contributed by atoms with van der Waals surface area (Å²) in [6.45, 7) is 5.64. The molecule has 0 aromatic rings. The van der Waals surface area contributed by atoms with Crippen LogP contribution in [-0.4, -0.2) is 34.1 Å². The zero-order valence-electron chi connectivity index (χ0n) is 8.66. The zero-order valence-corrected chi connectivity index (χ0v) is 8.66. The molecule has 3 nitrogen and oxygen atoms in total. The Hall–Kier alpha value is -0.570. The molecule has 76 valence electrons. The lowest BCUT2D eigenvalue weighted by atomic mass is 9.97. The van der Waals surface area contributed by atoms with E-state index in [0.717, 1.165) is 12.8 Å². The van der Waals surface area contributed by atoms with E-state index in [4.69, 9.17) is 0 Å². The number of aliphatic hydroxyl groups is 1. The molecule has 1 heterocycles. The summed E-state index contributed by atoms with van der Waals surface area (Å²) in [5.41, 5.74) is 0. The Bertz CT molecular complexity index is 181. The zero-order chi connectivity index (χ0) is 10.0. The van der Waals surface area contributed by atoms with Crippen LogP contribution in [0.3, 0.4) is 0 Å². The van der Waals surface area contributed by atoms with Gasteiger partial charge in [-0.2, -0.15) is 0 Å². The molecule has 1 rings (SSSR count). The van der Waals surface area contributed by atoms with Crippen molar-refractivity contribution < 1.29 is 9.90 Å². The lowest BCUT2D eigenvalue weighted by molar-refractivity contribution is -0.145. The van der Waals surface area contributed by atoms with Gasteiger partial charge in [-0.25, -0.2) is 0 Å². The highest BCUT2D eigenvalue weighted by Crippen LogP contribution is 2.22. The Labute approximate surface area is 79.7 Å². The Morgan fingerprint density at radius 1 is 1.38 bits per heavy atom. The van der Waals surface area contributed by atoms with Crippen molar-refractivity contribution in [2.24, 2.45) is 0 Å². The summed E-state index contributed by atoms with van der Waals surface area (Å²) in [6, 6.07) is 0.566. The van der Waals surface area contributed by atoms with Gasteiger partial charge < -0.3 is 10.0 Å². The van der Waals surface area contributed by atoms with Crippen LogP contribution >= 0.6 is 0 Å². The van der Waals surface area contributed by atoms with E-state index in [0.29, 0.717) is 0 Å². The molecule has 3 heteroatoms. The van der Waals surface area contributed by atoms with Crippen LogP contribution < -0.4 is 0 Å². The number of nitrogens with zero attached hydrogens (tertiary/aromatic N) is 1. The van der Waals surface area contributed by atoms with Gasteiger partial charge in [-0.15, -0.1) is 0 Å². The van der Waals surface area contributed by atoms with Crippen LogP contribution in [0.15, 0.2) is 0 Å². The van der Waals surface area contributed by atoms with Crippen LogP contribution in [0.4, 0.5) is 0 Å². The van der Waals surface area contributed by atoms with Gasteiger partial charge in [-0.05, 0) is 40.0 Å². The van der Waals surface area contributed by atoms with Gasteiger partial charge in [-0.1, -0.05) is 0 Å². The molecule has 3 atom stereocenters. The fourth-order valence-corrected chi connectivity index (χ4v) is 2.07. The summed E-state index contributed by atoms with van der Waals surface area (Å²) in [6.07, 6.45) is 2.44. The van der Waals surface area contributed by atoms with Gasteiger partial charge in [0.1, 0.15) is 6.10 Å². The quantitative estimate of drug-likeness (QED) is 0.666. The third kappa shape index (κ3) is 2.21. The van der Waals surface area contributed by atoms with Gasteiger partial charge in [0.15, 0.2) is 0 Å². The number of carbonyl (C=O) groups excluding carboxylic acids is 1. The van der Waals surface area contributed by atoms with E-state index in [-0.39, 0.29) is 18.0 Å². The second-order valence-corrected chi connectivity index (χ2v) is 4.05. The number of aliphatic hydroxyl groups excluding tert-OH is 1. The van der Waals surface area contributed by atoms with Crippen molar-refractivity contribution in [2.75, 3.05) is 0 Å². The van der Waals surface area contributed by atoms with Crippen molar-refractivity contribution >= 4 is 5.91 Å². The van der Waals surface area contributed by atoms with E-state index in [2.05, 4.69) is 13.8 Å². The highest BCUT2D eigenvalue weighted by molar-refractivity contribution is 5.80. The van der Waals surface area contributed by atoms with E-state index < -0.39 is 6.10 Å². The topological polar surface area (TPSA) is 40.5 Å². The van der Waals surface area contributed by atoms with Crippen LogP contribution in [-0.2, 0) is 4.79 Å². The van der Waals surface area contributed by atoms with Crippen LogP contribution in [0.5, 0.6) is 0 Å². The minimum Gasteiger partial charge on any atom is -0.384 e. The maximum absolute atomic E-state index is 11.6. The maximum atomic E-state index is 11.6. The molecule has 0 saturated carbocycles. The number of hydrogen-bond donors (Lipinski definition) is 1. The van der Waals surface area contributed by atoms with E-state index in [1.807, 2.05) is 4.90 Å². The molecule has 0 unspecified atom stereocenters. The third-order valence-corrected chi connectivity index (χ3v) is 2.81. The first-order chi connectivity index (χ1) is 6.04. The van der Waals surface area contributed by atoms with Gasteiger partial charge in [0.2, 0.25) is 0 Å². The molecule has 1 aliphatic heterocycles. The van der Waals surface area contributed by atoms with Crippen molar-refractivity contribution in [3.8, 4) is 0 Å². The molecule has 1 aliphatic rings. The summed E-state index contributed by atoms with van der Waals surface area (Å²) in [5.74, 6) is -0.125. The van der Waals surface area contributed by atoms with Crippen LogP contribution in [0.25, 0.3) is 0 Å². The van der Waals surface area contributed by atoms with E-state index in [9.17, 15) is 9.90 Å². The van der Waals surface area contributed by atoms with Crippen LogP contribution in [0.1, 0.15) is 40.0 Å². The van der Waals surface area contributed by atoms with Crippen molar-refractivity contribution in [1.82, 2.24) is 4.90 Å². The summed E-state index contributed by atoms with van der Waals surface area (Å²) in [4.78, 5) is 13.4. The van der Waals surface area contributed by atoms with Gasteiger partial charge in [0.05, 0.1) is 0 Å². The van der Waals surface area contributed by atoms with Crippen LogP contribution in [0, 0.1) is 0 Å². The molecule has 13 heavy (non-hydrogen) atoms. The molecule has 1 fully saturated rings. The summed E-state index contributed by atoms with van der Waals surface area (Å²) in [5, 5.41) is 9.22. The third-order valence-electron chi connectivity index (χ3n) is 2.81. The Morgan fingerprint density at radius 2 is 1.85 bits per heavy atom. The molecular formula is C10H19NO2. The van der Waals surface area contributed by atoms with E-state index in [1.165, 1.54) is 13.3 Å². The lowest BCUT2D eigenvalue weighted by Crippen LogP contribution is -2.50. The fourth-order valence-electron chi connectivity index (χ4n) is 2.07. The van der Waals surface area contributed by atoms with Crippen molar-refractivity contribution in [3.63, 3.8) is 0 Å². The average Bonchev–Trinajstić information content (AvgIpc) is 2.03. The second-order valence-electron chi connectivity index (χ2n) is 4.05. The maximum Gasteiger partial charge on any atom is 0.251 e. The van der Waals surface area contributed by atoms with E-state index >= 15 is 0 Å². The largest absolute Gasteiger partial charge is 0.384 e. The first kappa shape index (κ1) is 10.5. The smallest absolute Gasteiger partial charge is 0.251 e. The molecule has 0 radical (unpaired) electrons. The molecule has 1 N–H and O–H groups in total. The predicted molar refractivity (Wildman–Crippen MR) is 51.3 cm³/mol. The van der Waals surface area contributed by atoms with Crippen LogP contribution in [0.2, 0.25) is 0 Å². The van der Waals surface area contributed by atoms with Gasteiger partial charge in [0.25, 0.3) is 5.91 Å². The number of carbonyl (C=O) groups is 1. The first-order valence-corrected chi connectivity index (χ1v) is 5.04. The molecule has 0 spiro atoms. The molecule has 0 aromatic heterocycles. The van der Waals surface area contributed by atoms with Crippen molar-refractivity contribution in [1.29, 1.82) is 0 Å². The van der Waals surface area contributed by atoms with Gasteiger partial charge in [-0.3, -0.25) is 4.79 Å². The fraction of sp³-hybridized carbons (Fsp3) is 0.900. The standard InChI is InChI=1S/C10H19NO2/c1-7-5-4-6-8(2)11(7)10(13)9(3)12/h7-9,12H,4-6H2,1-3H3/t7-,8+,9-/m1/s1. The monoisotopic (exact) mass is 185 g/mol. The Balaban J connectivity index is 2.68. The summed E-state index contributed by atoms with van der Waals surface area (Å²) >= 11 is 0. The minimum absolute atomic E-state index is 0.125. The highest BCUT2D eigenvalue weighted by Gasteiger charge is 2.30. The number of piperidine rings is 1. The molecule has 1 amide bonds. The Kier molecular flexibility index (Phi) is 3.31. The highest BCUT2D eigenvalue weighted by atomic mass is 16.3. The molecular weight excluding hydrogens is 166 g/mol. The number of rotatable bonds is 1. The van der Waals surface area contributed by atoms with Gasteiger partial charge >= 0.3 is 0 Å². The lowest BCUT2D eigenvalue weighted by Gasteiger charge is -2.39. The number of amides is 1. The van der Waals surface area contributed by atoms with E-state index in [1.54, 1.807) is 0 Å². The number of likely N-dealkylation sites (tertiary alicyclic amines) is 1. The minimum atomic E-state index is -0.858. The normalized spacial score (nSPS) is 31.5. The summed E-state index contributed by atoms with van der Waals surface area (Å²) < 4.78 is 0. The molecule has 0 aliphatic carbocycles. The SMILES string of the molecule is C[C@@H]1CCC[C@H](C)N1C(=O)[C@@H](C)O. The predicted octanol–water partition coefficient (Wildman–Crippen LogP) is 1.16. The first-order valence-electron chi connectivity index (χ1n) is 5.04. The Morgan fingerprint density at radius 3 is 2.23 bits per heavy atom. The summed E-state index contributed by atoms with van der Waals surface area (Å²) in [7, 11) is 0. The molecule has 0 aromatic carbocycles. The van der Waals surface area contributed by atoms with Crippen molar-refractivity contribution in [3.05, 3.63) is 0 Å². The second kappa shape index (κ2) is 4.09. The van der Waals surface area contributed by atoms with Gasteiger partial charge in [0, 0.05) is 12.1 Å². The molecule has 0 bridgehead atoms. The molecule has 1 saturated heterocycles.